The van der Waals surface area contributed by atoms with Crippen molar-refractivity contribution >= 4 is 22.2 Å². The van der Waals surface area contributed by atoms with E-state index in [9.17, 15) is 4.39 Å². The number of halogens is 1. The molecule has 0 bridgehead atoms. The molecule has 96 valence electrons. The highest BCUT2D eigenvalue weighted by Gasteiger charge is 2.08. The normalized spacial score (nSPS) is 10.7. The Morgan fingerprint density at radius 2 is 2.17 bits per heavy atom. The number of rotatable bonds is 4. The molecule has 0 fully saturated rings. The Balaban J connectivity index is 2.17. The minimum atomic E-state index is -0.351. The van der Waals surface area contributed by atoms with Gasteiger partial charge in [0, 0.05) is 11.4 Å². The van der Waals surface area contributed by atoms with Gasteiger partial charge in [-0.2, -0.15) is 0 Å². The van der Waals surface area contributed by atoms with E-state index in [-0.39, 0.29) is 5.82 Å². The van der Waals surface area contributed by atoms with Gasteiger partial charge in [0.1, 0.15) is 11.6 Å². The first-order valence-corrected chi connectivity index (χ1v) is 6.54. The average Bonchev–Trinajstić information content (AvgIpc) is 2.80. The Kier molecular flexibility index (Phi) is 3.81. The summed E-state index contributed by atoms with van der Waals surface area (Å²) < 4.78 is 18.7. The molecule has 0 aliphatic rings. The Morgan fingerprint density at radius 1 is 1.39 bits per heavy atom. The first kappa shape index (κ1) is 12.8. The molecule has 0 unspecified atom stereocenters. The van der Waals surface area contributed by atoms with Crippen LogP contribution in [0.15, 0.2) is 23.6 Å². The standard InChI is InChI=1S/C13H15FN2OS/c1-8(2)12-7-18-13(16-12)15-11-5-4-9(17-3)6-10(11)14/h4-8H,1-3H3,(H,15,16). The molecule has 3 nitrogen and oxygen atoms in total. The van der Waals surface area contributed by atoms with Crippen molar-refractivity contribution in [2.24, 2.45) is 0 Å². The molecule has 2 rings (SSSR count). The third-order valence-electron chi connectivity index (χ3n) is 2.53. The molecular formula is C13H15FN2OS. The van der Waals surface area contributed by atoms with Crippen LogP contribution in [0.5, 0.6) is 5.75 Å². The summed E-state index contributed by atoms with van der Waals surface area (Å²) in [5.74, 6) is 0.521. The molecule has 2 aromatic rings. The average molecular weight is 266 g/mol. The summed E-state index contributed by atoms with van der Waals surface area (Å²) in [5, 5.41) is 5.65. The van der Waals surface area contributed by atoms with Gasteiger partial charge in [0.2, 0.25) is 0 Å². The minimum Gasteiger partial charge on any atom is -0.497 e. The van der Waals surface area contributed by atoms with E-state index in [2.05, 4.69) is 24.1 Å². The SMILES string of the molecule is COc1ccc(Nc2nc(C(C)C)cs2)c(F)c1. The van der Waals surface area contributed by atoms with Crippen LogP contribution in [0.3, 0.4) is 0 Å². The lowest BCUT2D eigenvalue weighted by Crippen LogP contribution is -1.95. The molecule has 0 saturated heterocycles. The predicted octanol–water partition coefficient (Wildman–Crippen LogP) is 4.16. The summed E-state index contributed by atoms with van der Waals surface area (Å²) >= 11 is 1.47. The number of methoxy groups -OCH3 is 1. The van der Waals surface area contributed by atoms with Crippen LogP contribution in [0.25, 0.3) is 0 Å². The number of hydrogen-bond acceptors (Lipinski definition) is 4. The number of anilines is 2. The Morgan fingerprint density at radius 3 is 2.72 bits per heavy atom. The van der Waals surface area contributed by atoms with Crippen molar-refractivity contribution in [3.63, 3.8) is 0 Å². The van der Waals surface area contributed by atoms with Crippen LogP contribution < -0.4 is 10.1 Å². The molecule has 18 heavy (non-hydrogen) atoms. The molecule has 0 radical (unpaired) electrons. The number of thiazole rings is 1. The maximum Gasteiger partial charge on any atom is 0.187 e. The lowest BCUT2D eigenvalue weighted by Gasteiger charge is -2.06. The molecule has 0 aliphatic heterocycles. The van der Waals surface area contributed by atoms with Crippen LogP contribution in [-0.4, -0.2) is 12.1 Å². The molecule has 0 saturated carbocycles. The van der Waals surface area contributed by atoms with Gasteiger partial charge in [-0.05, 0) is 18.1 Å². The van der Waals surface area contributed by atoms with E-state index < -0.39 is 0 Å². The van der Waals surface area contributed by atoms with Gasteiger partial charge in [-0.25, -0.2) is 9.37 Å². The lowest BCUT2D eigenvalue weighted by atomic mass is 10.2. The molecule has 1 aromatic heterocycles. The van der Waals surface area contributed by atoms with Gasteiger partial charge in [0.05, 0.1) is 18.5 Å². The molecule has 0 spiro atoms. The topological polar surface area (TPSA) is 34.1 Å². The molecule has 1 aromatic carbocycles. The van der Waals surface area contributed by atoms with E-state index in [1.165, 1.54) is 24.5 Å². The molecule has 1 heterocycles. The van der Waals surface area contributed by atoms with Gasteiger partial charge in [0.25, 0.3) is 0 Å². The van der Waals surface area contributed by atoms with Crippen molar-refractivity contribution in [2.45, 2.75) is 19.8 Å². The van der Waals surface area contributed by atoms with E-state index in [0.29, 0.717) is 22.5 Å². The Bertz CT molecular complexity index is 540. The van der Waals surface area contributed by atoms with Crippen LogP contribution in [0.4, 0.5) is 15.2 Å². The van der Waals surface area contributed by atoms with Crippen LogP contribution in [-0.2, 0) is 0 Å². The number of ether oxygens (including phenoxy) is 1. The number of hydrogen-bond donors (Lipinski definition) is 1. The number of benzene rings is 1. The van der Waals surface area contributed by atoms with Crippen molar-refractivity contribution in [1.29, 1.82) is 0 Å². The monoisotopic (exact) mass is 266 g/mol. The largest absolute Gasteiger partial charge is 0.497 e. The minimum absolute atomic E-state index is 0.351. The molecule has 5 heteroatoms. The maximum absolute atomic E-state index is 13.7. The number of nitrogens with one attached hydrogen (secondary N) is 1. The van der Waals surface area contributed by atoms with Gasteiger partial charge in [0.15, 0.2) is 5.13 Å². The third kappa shape index (κ3) is 2.79. The van der Waals surface area contributed by atoms with Crippen molar-refractivity contribution in [1.82, 2.24) is 4.98 Å². The molecule has 0 atom stereocenters. The quantitative estimate of drug-likeness (QED) is 0.902. The van der Waals surface area contributed by atoms with Crippen molar-refractivity contribution in [2.75, 3.05) is 12.4 Å². The Hall–Kier alpha value is -1.62. The fourth-order valence-electron chi connectivity index (χ4n) is 1.45. The van der Waals surface area contributed by atoms with E-state index in [0.717, 1.165) is 5.69 Å². The Labute approximate surface area is 110 Å². The lowest BCUT2D eigenvalue weighted by molar-refractivity contribution is 0.411. The van der Waals surface area contributed by atoms with Gasteiger partial charge in [-0.3, -0.25) is 0 Å². The second-order valence-electron chi connectivity index (χ2n) is 4.20. The van der Waals surface area contributed by atoms with Gasteiger partial charge in [-0.15, -0.1) is 11.3 Å². The van der Waals surface area contributed by atoms with Crippen LogP contribution >= 0.6 is 11.3 Å². The molecular weight excluding hydrogens is 251 g/mol. The van der Waals surface area contributed by atoms with Crippen molar-refractivity contribution in [3.8, 4) is 5.75 Å². The summed E-state index contributed by atoms with van der Waals surface area (Å²) in [4.78, 5) is 4.40. The second-order valence-corrected chi connectivity index (χ2v) is 5.06. The number of nitrogens with zero attached hydrogens (tertiary/aromatic N) is 1. The molecule has 0 amide bonds. The highest BCUT2D eigenvalue weighted by molar-refractivity contribution is 7.13. The van der Waals surface area contributed by atoms with Gasteiger partial charge in [-0.1, -0.05) is 13.8 Å². The summed E-state index contributed by atoms with van der Waals surface area (Å²) in [6, 6.07) is 4.70. The van der Waals surface area contributed by atoms with Crippen molar-refractivity contribution < 1.29 is 9.13 Å². The summed E-state index contributed by atoms with van der Waals surface area (Å²) in [7, 11) is 1.51. The van der Waals surface area contributed by atoms with Crippen LogP contribution in [0, 0.1) is 5.82 Å². The van der Waals surface area contributed by atoms with Crippen LogP contribution in [0.2, 0.25) is 0 Å². The first-order valence-electron chi connectivity index (χ1n) is 5.66. The fraction of sp³-hybridized carbons (Fsp3) is 0.308. The summed E-state index contributed by atoms with van der Waals surface area (Å²) in [6.07, 6.45) is 0. The van der Waals surface area contributed by atoms with Crippen molar-refractivity contribution in [3.05, 3.63) is 35.1 Å². The van der Waals surface area contributed by atoms with Crippen LogP contribution in [0.1, 0.15) is 25.5 Å². The highest BCUT2D eigenvalue weighted by Crippen LogP contribution is 2.27. The van der Waals surface area contributed by atoms with Gasteiger partial charge < -0.3 is 10.1 Å². The molecule has 1 N–H and O–H groups in total. The summed E-state index contributed by atoms with van der Waals surface area (Å²) in [6.45, 7) is 4.15. The maximum atomic E-state index is 13.7. The summed E-state index contributed by atoms with van der Waals surface area (Å²) in [5.41, 5.74) is 1.41. The molecule has 0 aliphatic carbocycles. The van der Waals surface area contributed by atoms with E-state index in [4.69, 9.17) is 4.74 Å². The zero-order valence-corrected chi connectivity index (χ0v) is 11.3. The van der Waals surface area contributed by atoms with Gasteiger partial charge >= 0.3 is 0 Å². The number of aromatic nitrogens is 1. The zero-order valence-electron chi connectivity index (χ0n) is 10.5. The third-order valence-corrected chi connectivity index (χ3v) is 3.31. The first-order chi connectivity index (χ1) is 8.60. The smallest absolute Gasteiger partial charge is 0.187 e. The highest BCUT2D eigenvalue weighted by atomic mass is 32.1. The van der Waals surface area contributed by atoms with E-state index in [1.54, 1.807) is 12.1 Å². The van der Waals surface area contributed by atoms with E-state index >= 15 is 0 Å². The second kappa shape index (κ2) is 5.35. The van der Waals surface area contributed by atoms with E-state index in [1.807, 2.05) is 5.38 Å². The zero-order chi connectivity index (χ0) is 13.1. The predicted molar refractivity (Wildman–Crippen MR) is 72.4 cm³/mol. The fourth-order valence-corrected chi connectivity index (χ4v) is 2.33.